The summed E-state index contributed by atoms with van der Waals surface area (Å²) in [5, 5.41) is 9.12. The van der Waals surface area contributed by atoms with Gasteiger partial charge >= 0.3 is 0 Å². The first-order valence-corrected chi connectivity index (χ1v) is 8.82. The van der Waals surface area contributed by atoms with Crippen LogP contribution in [0.5, 0.6) is 0 Å². The predicted octanol–water partition coefficient (Wildman–Crippen LogP) is 2.61. The van der Waals surface area contributed by atoms with Crippen LogP contribution in [0.1, 0.15) is 49.7 Å². The zero-order valence-electron chi connectivity index (χ0n) is 14.2. The van der Waals surface area contributed by atoms with Gasteiger partial charge in [-0.25, -0.2) is 0 Å². The van der Waals surface area contributed by atoms with Gasteiger partial charge in [-0.3, -0.25) is 4.79 Å². The number of rotatable bonds is 7. The molecule has 23 heavy (non-hydrogen) atoms. The molecule has 0 heterocycles. The third-order valence-corrected chi connectivity index (χ3v) is 4.83. The maximum absolute atomic E-state index is 12.8. The third-order valence-electron chi connectivity index (χ3n) is 4.83. The first kappa shape index (κ1) is 18.0. The molecule has 3 N–H and O–H groups in total. The predicted molar refractivity (Wildman–Crippen MR) is 92.8 cm³/mol. The van der Waals surface area contributed by atoms with Crippen LogP contribution in [-0.2, 0) is 11.3 Å². The van der Waals surface area contributed by atoms with Gasteiger partial charge in [-0.1, -0.05) is 49.1 Å². The second-order valence-electron chi connectivity index (χ2n) is 6.75. The lowest BCUT2D eigenvalue weighted by Gasteiger charge is -2.31. The first-order valence-electron chi connectivity index (χ1n) is 8.82. The van der Waals surface area contributed by atoms with Crippen LogP contribution >= 0.6 is 0 Å². The minimum absolute atomic E-state index is 0.0333. The van der Waals surface area contributed by atoms with Gasteiger partial charge in [0, 0.05) is 19.7 Å². The van der Waals surface area contributed by atoms with Gasteiger partial charge in [0.05, 0.1) is 6.04 Å². The zero-order valence-corrected chi connectivity index (χ0v) is 14.2. The van der Waals surface area contributed by atoms with Gasteiger partial charge in [-0.2, -0.15) is 0 Å². The van der Waals surface area contributed by atoms with Crippen molar-refractivity contribution in [1.82, 2.24) is 4.90 Å². The molecule has 1 atom stereocenters. The molecule has 0 saturated heterocycles. The summed E-state index contributed by atoms with van der Waals surface area (Å²) in [6.07, 6.45) is 6.33. The van der Waals surface area contributed by atoms with Crippen molar-refractivity contribution in [3.63, 3.8) is 0 Å². The number of aliphatic hydroxyl groups is 1. The van der Waals surface area contributed by atoms with E-state index in [9.17, 15) is 4.79 Å². The number of aryl methyl sites for hydroxylation is 1. The Morgan fingerprint density at radius 1 is 1.26 bits per heavy atom. The van der Waals surface area contributed by atoms with Gasteiger partial charge in [0.2, 0.25) is 5.91 Å². The first-order chi connectivity index (χ1) is 11.1. The quantitative estimate of drug-likeness (QED) is 0.812. The lowest BCUT2D eigenvalue weighted by atomic mass is 9.83. The van der Waals surface area contributed by atoms with Crippen LogP contribution in [0.2, 0.25) is 0 Å². The molecule has 0 aromatic heterocycles. The number of hydrogen-bond acceptors (Lipinski definition) is 3. The summed E-state index contributed by atoms with van der Waals surface area (Å²) in [6, 6.07) is 7.83. The van der Waals surface area contributed by atoms with Crippen LogP contribution in [-0.4, -0.2) is 35.1 Å². The molecule has 1 aromatic carbocycles. The highest BCUT2D eigenvalue weighted by molar-refractivity contribution is 5.82. The molecule has 1 fully saturated rings. The Balaban J connectivity index is 2.03. The topological polar surface area (TPSA) is 66.6 Å². The lowest BCUT2D eigenvalue weighted by Crippen LogP contribution is -2.48. The van der Waals surface area contributed by atoms with Gasteiger partial charge < -0.3 is 15.7 Å². The van der Waals surface area contributed by atoms with Crippen molar-refractivity contribution in [2.75, 3.05) is 13.2 Å². The van der Waals surface area contributed by atoms with E-state index in [1.54, 1.807) is 0 Å². The fraction of sp³-hybridized carbons (Fsp3) is 0.632. The third kappa shape index (κ3) is 5.33. The summed E-state index contributed by atoms with van der Waals surface area (Å²) in [6.45, 7) is 3.27. The average molecular weight is 318 g/mol. The number of benzene rings is 1. The smallest absolute Gasteiger partial charge is 0.240 e. The number of carbonyl (C=O) groups excluding carboxylic acids is 1. The molecule has 0 bridgehead atoms. The molecule has 0 spiro atoms. The fourth-order valence-electron chi connectivity index (χ4n) is 3.35. The Morgan fingerprint density at radius 2 is 1.91 bits per heavy atom. The van der Waals surface area contributed by atoms with Crippen LogP contribution in [0, 0.1) is 12.8 Å². The molecule has 1 aliphatic rings. The van der Waals surface area contributed by atoms with E-state index < -0.39 is 6.04 Å². The number of amides is 1. The molecule has 0 aliphatic heterocycles. The minimum atomic E-state index is -0.403. The minimum Gasteiger partial charge on any atom is -0.396 e. The summed E-state index contributed by atoms with van der Waals surface area (Å²) >= 11 is 0. The molecular formula is C19H30N2O2. The summed E-state index contributed by atoms with van der Waals surface area (Å²) in [7, 11) is 0. The van der Waals surface area contributed by atoms with Gasteiger partial charge in [0.15, 0.2) is 0 Å². The molecule has 128 valence electrons. The maximum Gasteiger partial charge on any atom is 0.240 e. The number of carbonyl (C=O) groups is 1. The second kappa shape index (κ2) is 9.04. The lowest BCUT2D eigenvalue weighted by molar-refractivity contribution is -0.135. The van der Waals surface area contributed by atoms with E-state index >= 15 is 0 Å². The standard InChI is InChI=1S/C19H30N2O2/c1-15-8-10-16(11-9-15)14-21(12-5-13-22)19(23)18(20)17-6-3-2-4-7-17/h8-11,17-18,22H,2-7,12-14,20H2,1H3/t18-/m0/s1. The summed E-state index contributed by atoms with van der Waals surface area (Å²) in [5.74, 6) is 0.344. The van der Waals surface area contributed by atoms with Gasteiger partial charge in [0.25, 0.3) is 0 Å². The largest absolute Gasteiger partial charge is 0.396 e. The Kier molecular flexibility index (Phi) is 7.06. The van der Waals surface area contributed by atoms with Crippen LogP contribution in [0.3, 0.4) is 0 Å². The van der Waals surface area contributed by atoms with Gasteiger partial charge in [-0.15, -0.1) is 0 Å². The summed E-state index contributed by atoms with van der Waals surface area (Å²) in [5.41, 5.74) is 8.61. The highest BCUT2D eigenvalue weighted by atomic mass is 16.3. The van der Waals surface area contributed by atoms with Crippen molar-refractivity contribution in [3.8, 4) is 0 Å². The van der Waals surface area contributed by atoms with Crippen molar-refractivity contribution in [2.45, 2.75) is 58.0 Å². The van der Waals surface area contributed by atoms with Crippen LogP contribution in [0.4, 0.5) is 0 Å². The molecular weight excluding hydrogens is 288 g/mol. The molecule has 1 aromatic rings. The van der Waals surface area contributed by atoms with Crippen molar-refractivity contribution in [2.24, 2.45) is 11.7 Å². The maximum atomic E-state index is 12.8. The fourth-order valence-corrected chi connectivity index (χ4v) is 3.35. The molecule has 0 radical (unpaired) electrons. The summed E-state index contributed by atoms with van der Waals surface area (Å²) < 4.78 is 0. The Bertz CT molecular complexity index is 481. The number of aliphatic hydroxyl groups excluding tert-OH is 1. The van der Waals surface area contributed by atoms with Crippen LogP contribution in [0.25, 0.3) is 0 Å². The zero-order chi connectivity index (χ0) is 16.7. The number of hydrogen-bond donors (Lipinski definition) is 2. The highest BCUT2D eigenvalue weighted by Gasteiger charge is 2.29. The summed E-state index contributed by atoms with van der Waals surface area (Å²) in [4.78, 5) is 14.7. The van der Waals surface area contributed by atoms with E-state index in [4.69, 9.17) is 10.8 Å². The van der Waals surface area contributed by atoms with Crippen molar-refractivity contribution in [1.29, 1.82) is 0 Å². The van der Waals surface area contributed by atoms with E-state index in [-0.39, 0.29) is 12.5 Å². The van der Waals surface area contributed by atoms with Crippen molar-refractivity contribution in [3.05, 3.63) is 35.4 Å². The van der Waals surface area contributed by atoms with Crippen LogP contribution < -0.4 is 5.73 Å². The van der Waals surface area contributed by atoms with Gasteiger partial charge in [-0.05, 0) is 37.7 Å². The Morgan fingerprint density at radius 3 is 2.52 bits per heavy atom. The molecule has 2 rings (SSSR count). The Labute approximate surface area is 139 Å². The molecule has 4 heteroatoms. The number of nitrogens with zero attached hydrogens (tertiary/aromatic N) is 1. The molecule has 4 nitrogen and oxygen atoms in total. The number of nitrogens with two attached hydrogens (primary N) is 1. The second-order valence-corrected chi connectivity index (χ2v) is 6.75. The molecule has 0 unspecified atom stereocenters. The van der Waals surface area contributed by atoms with E-state index in [1.807, 2.05) is 4.90 Å². The Hall–Kier alpha value is -1.39. The monoisotopic (exact) mass is 318 g/mol. The van der Waals surface area contributed by atoms with E-state index in [1.165, 1.54) is 24.8 Å². The highest BCUT2D eigenvalue weighted by Crippen LogP contribution is 2.26. The average Bonchev–Trinajstić information content (AvgIpc) is 2.59. The van der Waals surface area contributed by atoms with Crippen molar-refractivity contribution < 1.29 is 9.90 Å². The molecule has 1 amide bonds. The van der Waals surface area contributed by atoms with Gasteiger partial charge in [0.1, 0.15) is 0 Å². The van der Waals surface area contributed by atoms with Crippen molar-refractivity contribution >= 4 is 5.91 Å². The van der Waals surface area contributed by atoms with E-state index in [0.29, 0.717) is 25.4 Å². The van der Waals surface area contributed by atoms with E-state index in [2.05, 4.69) is 31.2 Å². The van der Waals surface area contributed by atoms with Crippen LogP contribution in [0.15, 0.2) is 24.3 Å². The normalized spacial score (nSPS) is 17.0. The molecule has 1 saturated carbocycles. The molecule has 1 aliphatic carbocycles. The SMILES string of the molecule is Cc1ccc(CN(CCCO)C(=O)[C@@H](N)C2CCCCC2)cc1. The van der Waals surface area contributed by atoms with E-state index in [0.717, 1.165) is 18.4 Å².